The number of unbranched alkanes of at least 4 members (excludes halogenated alkanes) is 2. The summed E-state index contributed by atoms with van der Waals surface area (Å²) in [6.07, 6.45) is 6.04. The Labute approximate surface area is 133 Å². The quantitative estimate of drug-likeness (QED) is 0.765. The van der Waals surface area contributed by atoms with Gasteiger partial charge < -0.3 is 10.6 Å². The van der Waals surface area contributed by atoms with Gasteiger partial charge in [0.05, 0.1) is 5.56 Å². The molecule has 2 rings (SSSR count). The molecule has 0 bridgehead atoms. The van der Waals surface area contributed by atoms with Gasteiger partial charge in [0, 0.05) is 30.7 Å². The number of hydrogen-bond donors (Lipinski definition) is 2. The standard InChI is InChI=1S/C16H18F2N4O/c1-2-3-4-7-19-16-20-9-11(10-21-16)15(23)22-12-5-6-13(17)14(18)8-12/h5-6,8-10H,2-4,7H2,1H3,(H,22,23)(H,19,20,21). The fourth-order valence-corrected chi connectivity index (χ4v) is 1.89. The van der Waals surface area contributed by atoms with E-state index in [-0.39, 0.29) is 11.3 Å². The van der Waals surface area contributed by atoms with E-state index < -0.39 is 17.5 Å². The molecule has 0 aliphatic carbocycles. The summed E-state index contributed by atoms with van der Waals surface area (Å²) in [5.41, 5.74) is 0.393. The molecule has 0 atom stereocenters. The van der Waals surface area contributed by atoms with Crippen LogP contribution in [0.5, 0.6) is 0 Å². The molecule has 0 aliphatic rings. The molecule has 1 amide bonds. The maximum atomic E-state index is 13.1. The molecule has 5 nitrogen and oxygen atoms in total. The lowest BCUT2D eigenvalue weighted by molar-refractivity contribution is 0.102. The van der Waals surface area contributed by atoms with Gasteiger partial charge in [-0.15, -0.1) is 0 Å². The van der Waals surface area contributed by atoms with E-state index in [2.05, 4.69) is 27.5 Å². The van der Waals surface area contributed by atoms with E-state index in [0.717, 1.165) is 37.9 Å². The lowest BCUT2D eigenvalue weighted by Gasteiger charge is -2.07. The number of anilines is 2. The summed E-state index contributed by atoms with van der Waals surface area (Å²) in [7, 11) is 0. The Kier molecular flexibility index (Phi) is 5.96. The van der Waals surface area contributed by atoms with Crippen LogP contribution < -0.4 is 10.6 Å². The van der Waals surface area contributed by atoms with Gasteiger partial charge in [0.2, 0.25) is 5.95 Å². The van der Waals surface area contributed by atoms with E-state index in [1.807, 2.05) is 0 Å². The van der Waals surface area contributed by atoms with Crippen LogP contribution in [-0.2, 0) is 0 Å². The van der Waals surface area contributed by atoms with Crippen molar-refractivity contribution in [3.05, 3.63) is 47.8 Å². The maximum absolute atomic E-state index is 13.1. The largest absolute Gasteiger partial charge is 0.354 e. The van der Waals surface area contributed by atoms with Crippen LogP contribution in [0.4, 0.5) is 20.4 Å². The molecule has 1 aromatic heterocycles. The number of nitrogens with zero attached hydrogens (tertiary/aromatic N) is 2. The average molecular weight is 320 g/mol. The number of nitrogens with one attached hydrogen (secondary N) is 2. The summed E-state index contributed by atoms with van der Waals surface area (Å²) in [4.78, 5) is 20.1. The molecule has 0 spiro atoms. The predicted molar refractivity (Wildman–Crippen MR) is 84.4 cm³/mol. The molecule has 1 aromatic carbocycles. The van der Waals surface area contributed by atoms with Gasteiger partial charge >= 0.3 is 0 Å². The van der Waals surface area contributed by atoms with Crippen molar-refractivity contribution < 1.29 is 13.6 Å². The number of carbonyl (C=O) groups is 1. The number of amides is 1. The van der Waals surface area contributed by atoms with Crippen molar-refractivity contribution in [3.8, 4) is 0 Å². The normalized spacial score (nSPS) is 10.4. The van der Waals surface area contributed by atoms with Crippen molar-refractivity contribution in [2.24, 2.45) is 0 Å². The van der Waals surface area contributed by atoms with E-state index in [4.69, 9.17) is 0 Å². The first-order chi connectivity index (χ1) is 11.1. The monoisotopic (exact) mass is 320 g/mol. The zero-order valence-electron chi connectivity index (χ0n) is 12.8. The lowest BCUT2D eigenvalue weighted by Crippen LogP contribution is -2.14. The van der Waals surface area contributed by atoms with Crippen molar-refractivity contribution in [1.82, 2.24) is 9.97 Å². The van der Waals surface area contributed by atoms with Crippen molar-refractivity contribution >= 4 is 17.5 Å². The second-order valence-electron chi connectivity index (χ2n) is 5.01. The van der Waals surface area contributed by atoms with E-state index in [9.17, 15) is 13.6 Å². The van der Waals surface area contributed by atoms with Crippen molar-refractivity contribution in [2.45, 2.75) is 26.2 Å². The van der Waals surface area contributed by atoms with Crippen molar-refractivity contribution in [2.75, 3.05) is 17.2 Å². The van der Waals surface area contributed by atoms with Gasteiger partial charge in [0.15, 0.2) is 11.6 Å². The molecule has 122 valence electrons. The first kappa shape index (κ1) is 16.8. The molecule has 7 heteroatoms. The predicted octanol–water partition coefficient (Wildman–Crippen LogP) is 3.61. The topological polar surface area (TPSA) is 66.9 Å². The van der Waals surface area contributed by atoms with Crippen LogP contribution in [0.2, 0.25) is 0 Å². The molecule has 0 fully saturated rings. The van der Waals surface area contributed by atoms with E-state index in [1.54, 1.807) is 0 Å². The van der Waals surface area contributed by atoms with Crippen LogP contribution in [0.1, 0.15) is 36.5 Å². The molecule has 0 aliphatic heterocycles. The van der Waals surface area contributed by atoms with Gasteiger partial charge in [0.25, 0.3) is 5.91 Å². The second kappa shape index (κ2) is 8.17. The van der Waals surface area contributed by atoms with Gasteiger partial charge in [-0.2, -0.15) is 0 Å². The number of rotatable bonds is 7. The Morgan fingerprint density at radius 2 is 1.87 bits per heavy atom. The third kappa shape index (κ3) is 4.98. The highest BCUT2D eigenvalue weighted by atomic mass is 19.2. The third-order valence-corrected chi connectivity index (χ3v) is 3.15. The Morgan fingerprint density at radius 1 is 1.13 bits per heavy atom. The number of aromatic nitrogens is 2. The van der Waals surface area contributed by atoms with Gasteiger partial charge in [-0.05, 0) is 18.6 Å². The summed E-state index contributed by atoms with van der Waals surface area (Å²) in [6, 6.07) is 3.14. The van der Waals surface area contributed by atoms with Gasteiger partial charge in [-0.3, -0.25) is 4.79 Å². The van der Waals surface area contributed by atoms with Crippen molar-refractivity contribution in [1.29, 1.82) is 0 Å². The van der Waals surface area contributed by atoms with E-state index in [1.165, 1.54) is 18.5 Å². The molecule has 23 heavy (non-hydrogen) atoms. The van der Waals surface area contributed by atoms with Crippen LogP contribution in [0.25, 0.3) is 0 Å². The molecule has 1 heterocycles. The fraction of sp³-hybridized carbons (Fsp3) is 0.312. The van der Waals surface area contributed by atoms with Gasteiger partial charge in [-0.25, -0.2) is 18.7 Å². The summed E-state index contributed by atoms with van der Waals surface area (Å²) in [5, 5.41) is 5.52. The molecule has 0 radical (unpaired) electrons. The Hall–Kier alpha value is -2.57. The minimum atomic E-state index is -1.02. The maximum Gasteiger partial charge on any atom is 0.258 e. The number of benzene rings is 1. The molecule has 0 unspecified atom stereocenters. The van der Waals surface area contributed by atoms with Crippen LogP contribution in [0.3, 0.4) is 0 Å². The SMILES string of the molecule is CCCCCNc1ncc(C(=O)Nc2ccc(F)c(F)c2)cn1. The second-order valence-corrected chi connectivity index (χ2v) is 5.01. The van der Waals surface area contributed by atoms with Crippen LogP contribution >= 0.6 is 0 Å². The van der Waals surface area contributed by atoms with E-state index in [0.29, 0.717) is 5.95 Å². The first-order valence-electron chi connectivity index (χ1n) is 7.42. The van der Waals surface area contributed by atoms with Crippen LogP contribution in [0, 0.1) is 11.6 Å². The molecule has 2 aromatic rings. The highest BCUT2D eigenvalue weighted by Gasteiger charge is 2.09. The summed E-state index contributed by atoms with van der Waals surface area (Å²) >= 11 is 0. The molecule has 0 saturated heterocycles. The molecule has 2 N–H and O–H groups in total. The third-order valence-electron chi connectivity index (χ3n) is 3.15. The molecule has 0 saturated carbocycles. The lowest BCUT2D eigenvalue weighted by atomic mass is 10.2. The fourth-order valence-electron chi connectivity index (χ4n) is 1.89. The van der Waals surface area contributed by atoms with Crippen LogP contribution in [0.15, 0.2) is 30.6 Å². The smallest absolute Gasteiger partial charge is 0.258 e. The summed E-state index contributed by atoms with van der Waals surface area (Å²) in [5.74, 6) is -2.03. The summed E-state index contributed by atoms with van der Waals surface area (Å²) < 4.78 is 25.9. The zero-order valence-corrected chi connectivity index (χ0v) is 12.8. The number of carbonyl (C=O) groups excluding carboxylic acids is 1. The number of hydrogen-bond acceptors (Lipinski definition) is 4. The first-order valence-corrected chi connectivity index (χ1v) is 7.42. The zero-order chi connectivity index (χ0) is 16.7. The molecular weight excluding hydrogens is 302 g/mol. The highest BCUT2D eigenvalue weighted by molar-refractivity contribution is 6.03. The minimum absolute atomic E-state index is 0.163. The number of halogens is 2. The van der Waals surface area contributed by atoms with Gasteiger partial charge in [-0.1, -0.05) is 19.8 Å². The molecular formula is C16H18F2N4O. The van der Waals surface area contributed by atoms with Crippen molar-refractivity contribution in [3.63, 3.8) is 0 Å². The highest BCUT2D eigenvalue weighted by Crippen LogP contribution is 2.14. The Balaban J connectivity index is 1.93. The average Bonchev–Trinajstić information content (AvgIpc) is 2.55. The Morgan fingerprint density at radius 3 is 2.52 bits per heavy atom. The minimum Gasteiger partial charge on any atom is -0.354 e. The summed E-state index contributed by atoms with van der Waals surface area (Å²) in [6.45, 7) is 2.89. The van der Waals surface area contributed by atoms with Gasteiger partial charge in [0.1, 0.15) is 0 Å². The van der Waals surface area contributed by atoms with E-state index >= 15 is 0 Å². The van der Waals surface area contributed by atoms with Crippen LogP contribution in [-0.4, -0.2) is 22.4 Å². The Bertz CT molecular complexity index is 662.